The number of rotatable bonds is 6. The summed E-state index contributed by atoms with van der Waals surface area (Å²) in [6.45, 7) is 1.27. The van der Waals surface area contributed by atoms with E-state index in [-0.39, 0.29) is 35.5 Å². The fourth-order valence-corrected chi connectivity index (χ4v) is 4.63. The lowest BCUT2D eigenvalue weighted by molar-refractivity contribution is 0.0730. The van der Waals surface area contributed by atoms with Gasteiger partial charge in [-0.1, -0.05) is 12.1 Å². The third-order valence-electron chi connectivity index (χ3n) is 5.00. The van der Waals surface area contributed by atoms with Crippen LogP contribution in [0.3, 0.4) is 0 Å². The molecule has 1 heterocycles. The molecule has 0 radical (unpaired) electrons. The van der Waals surface area contributed by atoms with Crippen LogP contribution in [0.25, 0.3) is 0 Å². The zero-order valence-corrected chi connectivity index (χ0v) is 17.2. The normalized spacial score (nSPS) is 17.3. The Hall–Kier alpha value is -2.75. The van der Waals surface area contributed by atoms with E-state index in [0.717, 1.165) is 12.8 Å². The van der Waals surface area contributed by atoms with Gasteiger partial charge in [0.1, 0.15) is 0 Å². The molecular weight excluding hydrogens is 406 g/mol. The zero-order chi connectivity index (χ0) is 21.1. The number of sulfonamides is 1. The van der Waals surface area contributed by atoms with Gasteiger partial charge in [-0.3, -0.25) is 9.59 Å². The maximum Gasteiger partial charge on any atom is 0.255 e. The monoisotopic (exact) mass is 429 g/mol. The summed E-state index contributed by atoms with van der Waals surface area (Å²) >= 11 is 0. The van der Waals surface area contributed by atoms with E-state index in [4.69, 9.17) is 4.74 Å². The number of hydrogen-bond acceptors (Lipinski definition) is 5. The van der Waals surface area contributed by atoms with Crippen LogP contribution in [0, 0.1) is 0 Å². The van der Waals surface area contributed by atoms with Crippen molar-refractivity contribution in [1.29, 1.82) is 0 Å². The fraction of sp³-hybridized carbons (Fsp3) is 0.333. The fourth-order valence-electron chi connectivity index (χ4n) is 3.17. The minimum Gasteiger partial charge on any atom is -0.379 e. The summed E-state index contributed by atoms with van der Waals surface area (Å²) in [4.78, 5) is 25.0. The second-order valence-electron chi connectivity index (χ2n) is 7.33. The van der Waals surface area contributed by atoms with Gasteiger partial charge in [0.25, 0.3) is 11.8 Å². The van der Waals surface area contributed by atoms with E-state index in [1.54, 1.807) is 36.4 Å². The van der Waals surface area contributed by atoms with E-state index in [9.17, 15) is 18.0 Å². The molecule has 1 aliphatic carbocycles. The van der Waals surface area contributed by atoms with Crippen LogP contribution in [-0.4, -0.2) is 56.9 Å². The Balaban J connectivity index is 1.49. The highest BCUT2D eigenvalue weighted by molar-refractivity contribution is 7.89. The van der Waals surface area contributed by atoms with Gasteiger partial charge in [0.05, 0.1) is 18.1 Å². The van der Waals surface area contributed by atoms with Crippen molar-refractivity contribution in [3.63, 3.8) is 0 Å². The van der Waals surface area contributed by atoms with Crippen molar-refractivity contribution in [3.8, 4) is 0 Å². The predicted molar refractivity (Wildman–Crippen MR) is 111 cm³/mol. The Morgan fingerprint density at radius 2 is 1.60 bits per heavy atom. The third-order valence-corrected chi connectivity index (χ3v) is 6.89. The lowest BCUT2D eigenvalue weighted by atomic mass is 10.1. The summed E-state index contributed by atoms with van der Waals surface area (Å²) in [7, 11) is -3.69. The van der Waals surface area contributed by atoms with Crippen LogP contribution in [0.2, 0.25) is 0 Å². The molecule has 2 N–H and O–H groups in total. The first kappa shape index (κ1) is 20.5. The van der Waals surface area contributed by atoms with E-state index in [0.29, 0.717) is 24.5 Å². The summed E-state index contributed by atoms with van der Waals surface area (Å²) in [6.07, 6.45) is 1.98. The van der Waals surface area contributed by atoms with Gasteiger partial charge in [0.15, 0.2) is 0 Å². The average Bonchev–Trinajstić information content (AvgIpc) is 3.58. The number of amides is 2. The predicted octanol–water partition coefficient (Wildman–Crippen LogP) is 1.85. The molecule has 0 spiro atoms. The number of carbonyl (C=O) groups is 2. The Bertz CT molecular complexity index is 1060. The number of carbonyl (C=O) groups excluding carboxylic acids is 2. The quantitative estimate of drug-likeness (QED) is 0.729. The van der Waals surface area contributed by atoms with Crippen LogP contribution in [-0.2, 0) is 14.8 Å². The van der Waals surface area contributed by atoms with Gasteiger partial charge >= 0.3 is 0 Å². The van der Waals surface area contributed by atoms with Crippen molar-refractivity contribution >= 4 is 27.5 Å². The first-order valence-electron chi connectivity index (χ1n) is 9.84. The van der Waals surface area contributed by atoms with Crippen molar-refractivity contribution in [2.45, 2.75) is 23.8 Å². The lowest BCUT2D eigenvalue weighted by Gasteiger charge is -2.26. The van der Waals surface area contributed by atoms with Crippen molar-refractivity contribution in [3.05, 3.63) is 59.7 Å². The molecule has 0 aromatic heterocycles. The molecule has 1 aliphatic heterocycles. The molecule has 8 nitrogen and oxygen atoms in total. The standard InChI is InChI=1S/C21H23N3O5S/c25-20(22-17-7-8-17)15-3-1-5-18(13-15)23-21(26)16-4-2-6-19(14-16)30(27,28)24-9-11-29-12-10-24/h1-6,13-14,17H,7-12H2,(H,22,25)(H,23,26). The molecule has 2 fully saturated rings. The van der Waals surface area contributed by atoms with Crippen molar-refractivity contribution in [2.24, 2.45) is 0 Å². The van der Waals surface area contributed by atoms with Crippen LogP contribution >= 0.6 is 0 Å². The zero-order valence-electron chi connectivity index (χ0n) is 16.3. The Kier molecular flexibility index (Phi) is 5.85. The van der Waals surface area contributed by atoms with Gasteiger partial charge in [-0.2, -0.15) is 4.31 Å². The molecule has 1 saturated heterocycles. The van der Waals surface area contributed by atoms with Gasteiger partial charge in [0, 0.05) is 35.9 Å². The number of anilines is 1. The number of morpholine rings is 1. The molecule has 0 unspecified atom stereocenters. The Morgan fingerprint density at radius 3 is 2.30 bits per heavy atom. The summed E-state index contributed by atoms with van der Waals surface area (Å²) in [5, 5.41) is 5.64. The molecule has 1 saturated carbocycles. The van der Waals surface area contributed by atoms with E-state index in [1.165, 1.54) is 16.4 Å². The topological polar surface area (TPSA) is 105 Å². The smallest absolute Gasteiger partial charge is 0.255 e. The minimum absolute atomic E-state index is 0.0645. The van der Waals surface area contributed by atoms with Crippen LogP contribution < -0.4 is 10.6 Å². The SMILES string of the molecule is O=C(Nc1cccc(C(=O)NC2CC2)c1)c1cccc(S(=O)(=O)N2CCOCC2)c1. The Morgan fingerprint density at radius 1 is 0.933 bits per heavy atom. The molecule has 0 bridgehead atoms. The van der Waals surface area contributed by atoms with Crippen LogP contribution in [0.4, 0.5) is 5.69 Å². The Labute approximate surface area is 175 Å². The van der Waals surface area contributed by atoms with E-state index in [1.807, 2.05) is 0 Å². The summed E-state index contributed by atoms with van der Waals surface area (Å²) in [6, 6.07) is 12.8. The van der Waals surface area contributed by atoms with E-state index in [2.05, 4.69) is 10.6 Å². The van der Waals surface area contributed by atoms with Crippen LogP contribution in [0.15, 0.2) is 53.4 Å². The van der Waals surface area contributed by atoms with Crippen molar-refractivity contribution in [1.82, 2.24) is 9.62 Å². The molecular formula is C21H23N3O5S. The number of nitrogens with zero attached hydrogens (tertiary/aromatic N) is 1. The number of hydrogen-bond donors (Lipinski definition) is 2. The average molecular weight is 429 g/mol. The second-order valence-corrected chi connectivity index (χ2v) is 9.26. The van der Waals surface area contributed by atoms with Gasteiger partial charge in [0.2, 0.25) is 10.0 Å². The largest absolute Gasteiger partial charge is 0.379 e. The molecule has 2 aromatic rings. The van der Waals surface area contributed by atoms with E-state index < -0.39 is 15.9 Å². The highest BCUT2D eigenvalue weighted by Crippen LogP contribution is 2.21. The molecule has 30 heavy (non-hydrogen) atoms. The number of benzene rings is 2. The molecule has 2 aromatic carbocycles. The van der Waals surface area contributed by atoms with Gasteiger partial charge in [-0.15, -0.1) is 0 Å². The van der Waals surface area contributed by atoms with E-state index >= 15 is 0 Å². The highest BCUT2D eigenvalue weighted by Gasteiger charge is 2.27. The molecule has 4 rings (SSSR count). The van der Waals surface area contributed by atoms with Crippen molar-refractivity contribution in [2.75, 3.05) is 31.6 Å². The summed E-state index contributed by atoms with van der Waals surface area (Å²) < 4.78 is 32.2. The summed E-state index contributed by atoms with van der Waals surface area (Å²) in [5.41, 5.74) is 1.14. The van der Waals surface area contributed by atoms with Crippen LogP contribution in [0.5, 0.6) is 0 Å². The molecule has 2 amide bonds. The van der Waals surface area contributed by atoms with Gasteiger partial charge in [-0.05, 0) is 49.2 Å². The first-order chi connectivity index (χ1) is 14.4. The van der Waals surface area contributed by atoms with Crippen molar-refractivity contribution < 1.29 is 22.7 Å². The molecule has 2 aliphatic rings. The summed E-state index contributed by atoms with van der Waals surface area (Å²) in [5.74, 6) is -0.624. The molecule has 9 heteroatoms. The van der Waals surface area contributed by atoms with Gasteiger partial charge < -0.3 is 15.4 Å². The van der Waals surface area contributed by atoms with Gasteiger partial charge in [-0.25, -0.2) is 8.42 Å². The number of ether oxygens (including phenoxy) is 1. The minimum atomic E-state index is -3.69. The molecule has 0 atom stereocenters. The maximum absolute atomic E-state index is 12.8. The van der Waals surface area contributed by atoms with Crippen LogP contribution in [0.1, 0.15) is 33.6 Å². The first-order valence-corrected chi connectivity index (χ1v) is 11.3. The molecule has 158 valence electrons. The highest BCUT2D eigenvalue weighted by atomic mass is 32.2. The maximum atomic E-state index is 12.8. The number of nitrogens with one attached hydrogen (secondary N) is 2. The third kappa shape index (κ3) is 4.69. The second kappa shape index (κ2) is 8.55. The lowest BCUT2D eigenvalue weighted by Crippen LogP contribution is -2.40.